The van der Waals surface area contributed by atoms with E-state index in [4.69, 9.17) is 15.2 Å². The Kier molecular flexibility index (Phi) is 4.15. The summed E-state index contributed by atoms with van der Waals surface area (Å²) in [5.74, 6) is 0.832. The number of aromatic nitrogens is 1. The first kappa shape index (κ1) is 12.4. The Morgan fingerprint density at radius 2 is 2.06 bits per heavy atom. The molecule has 0 aliphatic carbocycles. The first-order valence-electron chi connectivity index (χ1n) is 5.69. The summed E-state index contributed by atoms with van der Waals surface area (Å²) in [5, 5.41) is 0. The third-order valence-corrected chi connectivity index (χ3v) is 2.49. The molecular weight excluding hydrogens is 228 g/mol. The van der Waals surface area contributed by atoms with Gasteiger partial charge in [-0.15, -0.1) is 0 Å². The zero-order valence-electron chi connectivity index (χ0n) is 10.3. The number of rotatable bonds is 5. The van der Waals surface area contributed by atoms with E-state index in [0.29, 0.717) is 18.9 Å². The van der Waals surface area contributed by atoms with Crippen molar-refractivity contribution in [1.82, 2.24) is 4.98 Å². The van der Waals surface area contributed by atoms with Gasteiger partial charge < -0.3 is 15.2 Å². The zero-order valence-corrected chi connectivity index (χ0v) is 10.3. The molecule has 2 N–H and O–H groups in total. The Hall–Kier alpha value is -2.07. The summed E-state index contributed by atoms with van der Waals surface area (Å²) in [7, 11) is 1.65. The molecule has 0 saturated carbocycles. The van der Waals surface area contributed by atoms with Gasteiger partial charge in [0.15, 0.2) is 0 Å². The summed E-state index contributed by atoms with van der Waals surface area (Å²) in [5.41, 5.74) is 8.27. The molecule has 0 amide bonds. The molecule has 1 aromatic heterocycles. The van der Waals surface area contributed by atoms with E-state index in [1.807, 2.05) is 30.3 Å². The van der Waals surface area contributed by atoms with Gasteiger partial charge in [0.25, 0.3) is 0 Å². The number of ether oxygens (including phenoxy) is 2. The second kappa shape index (κ2) is 6.02. The minimum atomic E-state index is 0.447. The van der Waals surface area contributed by atoms with Crippen LogP contribution in [0.5, 0.6) is 5.75 Å². The summed E-state index contributed by atoms with van der Waals surface area (Å²) in [6.45, 7) is 0.968. The smallest absolute Gasteiger partial charge is 0.119 e. The van der Waals surface area contributed by atoms with Gasteiger partial charge in [0.2, 0.25) is 0 Å². The molecular formula is C14H16N2O2. The highest BCUT2D eigenvalue weighted by Crippen LogP contribution is 2.14. The highest BCUT2D eigenvalue weighted by atomic mass is 16.5. The number of anilines is 1. The van der Waals surface area contributed by atoms with E-state index >= 15 is 0 Å². The molecule has 0 bridgehead atoms. The SMILES string of the molecule is COc1cccc(COCc2cc(N)ccn2)c1. The van der Waals surface area contributed by atoms with Crippen LogP contribution in [0.15, 0.2) is 42.6 Å². The van der Waals surface area contributed by atoms with E-state index in [1.54, 1.807) is 19.4 Å². The van der Waals surface area contributed by atoms with E-state index in [-0.39, 0.29) is 0 Å². The van der Waals surface area contributed by atoms with Crippen LogP contribution in [-0.4, -0.2) is 12.1 Å². The van der Waals surface area contributed by atoms with E-state index in [9.17, 15) is 0 Å². The van der Waals surface area contributed by atoms with Gasteiger partial charge in [0, 0.05) is 11.9 Å². The third kappa shape index (κ3) is 3.46. The van der Waals surface area contributed by atoms with Crippen LogP contribution in [-0.2, 0) is 18.0 Å². The fraction of sp³-hybridized carbons (Fsp3) is 0.214. The third-order valence-electron chi connectivity index (χ3n) is 2.49. The van der Waals surface area contributed by atoms with Crippen molar-refractivity contribution in [2.24, 2.45) is 0 Å². The van der Waals surface area contributed by atoms with Gasteiger partial charge in [-0.05, 0) is 29.8 Å². The molecule has 4 nitrogen and oxygen atoms in total. The van der Waals surface area contributed by atoms with Crippen molar-refractivity contribution in [3.63, 3.8) is 0 Å². The second-order valence-electron chi connectivity index (χ2n) is 3.92. The predicted molar refractivity (Wildman–Crippen MR) is 70.1 cm³/mol. The number of pyridine rings is 1. The van der Waals surface area contributed by atoms with Crippen LogP contribution in [0, 0.1) is 0 Å². The average Bonchev–Trinajstić information content (AvgIpc) is 2.39. The number of nitrogens with zero attached hydrogens (tertiary/aromatic N) is 1. The molecule has 1 heterocycles. The maximum atomic E-state index is 5.67. The molecule has 18 heavy (non-hydrogen) atoms. The van der Waals surface area contributed by atoms with Gasteiger partial charge in [-0.1, -0.05) is 12.1 Å². The molecule has 4 heteroatoms. The predicted octanol–water partition coefficient (Wildman–Crippen LogP) is 2.39. The van der Waals surface area contributed by atoms with Gasteiger partial charge in [0.1, 0.15) is 5.75 Å². The van der Waals surface area contributed by atoms with Gasteiger partial charge >= 0.3 is 0 Å². The molecule has 0 atom stereocenters. The minimum absolute atomic E-state index is 0.447. The van der Waals surface area contributed by atoms with Crippen molar-refractivity contribution in [3.05, 3.63) is 53.9 Å². The number of nitrogens with two attached hydrogens (primary N) is 1. The van der Waals surface area contributed by atoms with E-state index in [0.717, 1.165) is 17.0 Å². The normalized spacial score (nSPS) is 10.3. The van der Waals surface area contributed by atoms with Crippen LogP contribution < -0.4 is 10.5 Å². The summed E-state index contributed by atoms with van der Waals surface area (Å²) in [6.07, 6.45) is 1.68. The Morgan fingerprint density at radius 3 is 2.83 bits per heavy atom. The summed E-state index contributed by atoms with van der Waals surface area (Å²) < 4.78 is 10.7. The lowest BCUT2D eigenvalue weighted by Crippen LogP contribution is -1.98. The molecule has 0 saturated heterocycles. The molecule has 1 aromatic carbocycles. The molecule has 0 spiro atoms. The van der Waals surface area contributed by atoms with Crippen molar-refractivity contribution >= 4 is 5.69 Å². The summed E-state index contributed by atoms with van der Waals surface area (Å²) in [4.78, 5) is 4.17. The maximum absolute atomic E-state index is 5.67. The van der Waals surface area contributed by atoms with Crippen molar-refractivity contribution in [2.75, 3.05) is 12.8 Å². The topological polar surface area (TPSA) is 57.4 Å². The average molecular weight is 244 g/mol. The molecule has 0 unspecified atom stereocenters. The number of hydrogen-bond donors (Lipinski definition) is 1. The summed E-state index contributed by atoms with van der Waals surface area (Å²) >= 11 is 0. The lowest BCUT2D eigenvalue weighted by atomic mass is 10.2. The van der Waals surface area contributed by atoms with E-state index in [1.165, 1.54) is 0 Å². The Labute approximate surface area is 106 Å². The Bertz CT molecular complexity index is 515. The number of nitrogen functional groups attached to an aromatic ring is 1. The first-order valence-corrected chi connectivity index (χ1v) is 5.69. The first-order chi connectivity index (χ1) is 8.78. The number of methoxy groups -OCH3 is 1. The number of benzene rings is 1. The van der Waals surface area contributed by atoms with Crippen molar-refractivity contribution in [1.29, 1.82) is 0 Å². The molecule has 0 aliphatic heterocycles. The molecule has 0 radical (unpaired) electrons. The number of hydrogen-bond acceptors (Lipinski definition) is 4. The zero-order chi connectivity index (χ0) is 12.8. The fourth-order valence-electron chi connectivity index (χ4n) is 1.61. The van der Waals surface area contributed by atoms with E-state index in [2.05, 4.69) is 4.98 Å². The van der Waals surface area contributed by atoms with Gasteiger partial charge in [-0.25, -0.2) is 0 Å². The Morgan fingerprint density at radius 1 is 1.17 bits per heavy atom. The van der Waals surface area contributed by atoms with Crippen LogP contribution in [0.25, 0.3) is 0 Å². The standard InChI is InChI=1S/C14H16N2O2/c1-17-14-4-2-3-11(7-14)9-18-10-13-8-12(15)5-6-16-13/h2-8H,9-10H2,1H3,(H2,15,16). The van der Waals surface area contributed by atoms with Crippen molar-refractivity contribution in [2.45, 2.75) is 13.2 Å². The Balaban J connectivity index is 1.88. The van der Waals surface area contributed by atoms with Crippen LogP contribution in [0.2, 0.25) is 0 Å². The van der Waals surface area contributed by atoms with Crippen LogP contribution in [0.4, 0.5) is 5.69 Å². The highest BCUT2D eigenvalue weighted by Gasteiger charge is 1.98. The monoisotopic (exact) mass is 244 g/mol. The summed E-state index contributed by atoms with van der Waals surface area (Å²) in [6, 6.07) is 11.4. The van der Waals surface area contributed by atoms with Gasteiger partial charge in [-0.3, -0.25) is 4.98 Å². The highest BCUT2D eigenvalue weighted by molar-refractivity contribution is 5.37. The lowest BCUT2D eigenvalue weighted by Gasteiger charge is -2.06. The van der Waals surface area contributed by atoms with Gasteiger partial charge in [-0.2, -0.15) is 0 Å². The molecule has 2 rings (SSSR count). The van der Waals surface area contributed by atoms with Crippen molar-refractivity contribution in [3.8, 4) is 5.75 Å². The lowest BCUT2D eigenvalue weighted by molar-refractivity contribution is 0.104. The van der Waals surface area contributed by atoms with Crippen LogP contribution >= 0.6 is 0 Å². The molecule has 94 valence electrons. The fourth-order valence-corrected chi connectivity index (χ4v) is 1.61. The van der Waals surface area contributed by atoms with Crippen molar-refractivity contribution < 1.29 is 9.47 Å². The van der Waals surface area contributed by atoms with Gasteiger partial charge in [0.05, 0.1) is 26.0 Å². The van der Waals surface area contributed by atoms with E-state index < -0.39 is 0 Å². The molecule has 0 fully saturated rings. The van der Waals surface area contributed by atoms with Crippen LogP contribution in [0.3, 0.4) is 0 Å². The maximum Gasteiger partial charge on any atom is 0.119 e. The largest absolute Gasteiger partial charge is 0.497 e. The molecule has 2 aromatic rings. The second-order valence-corrected chi connectivity index (χ2v) is 3.92. The minimum Gasteiger partial charge on any atom is -0.497 e. The molecule has 0 aliphatic rings. The quantitative estimate of drug-likeness (QED) is 0.877. The van der Waals surface area contributed by atoms with Crippen LogP contribution in [0.1, 0.15) is 11.3 Å².